The number of nitrogens with zero attached hydrogens (tertiary/aromatic N) is 5. The van der Waals surface area contributed by atoms with E-state index in [1.165, 1.54) is 33.8 Å². The molecular weight excluding hydrogens is 573 g/mol. The average Bonchev–Trinajstić information content (AvgIpc) is 3.59. The highest BCUT2D eigenvalue weighted by Crippen LogP contribution is 2.45. The van der Waals surface area contributed by atoms with Gasteiger partial charge in [-0.25, -0.2) is 14.4 Å². The van der Waals surface area contributed by atoms with Gasteiger partial charge in [0.2, 0.25) is 0 Å². The summed E-state index contributed by atoms with van der Waals surface area (Å²) in [5.41, 5.74) is 5.34. The number of rotatable bonds is 9. The first kappa shape index (κ1) is 27.3. The van der Waals surface area contributed by atoms with Crippen LogP contribution in [0.5, 0.6) is 5.75 Å². The van der Waals surface area contributed by atoms with Gasteiger partial charge in [0.1, 0.15) is 35.1 Å². The number of halogens is 2. The predicted octanol–water partition coefficient (Wildman–Crippen LogP) is 6.06. The van der Waals surface area contributed by atoms with Gasteiger partial charge in [-0.1, -0.05) is 23.7 Å². The molecule has 5 aromatic rings. The van der Waals surface area contributed by atoms with Crippen molar-refractivity contribution in [3.63, 3.8) is 0 Å². The second kappa shape index (κ2) is 12.0. The zero-order chi connectivity index (χ0) is 28.5. The van der Waals surface area contributed by atoms with Crippen LogP contribution in [0.3, 0.4) is 0 Å². The van der Waals surface area contributed by atoms with Gasteiger partial charge in [-0.3, -0.25) is 4.68 Å². The lowest BCUT2D eigenvalue weighted by Gasteiger charge is -2.27. The van der Waals surface area contributed by atoms with Crippen molar-refractivity contribution in [2.24, 2.45) is 0 Å². The van der Waals surface area contributed by atoms with Crippen LogP contribution >= 0.6 is 22.9 Å². The number of aryl methyl sites for hydroxylation is 2. The highest BCUT2D eigenvalue weighted by molar-refractivity contribution is 7.22. The minimum Gasteiger partial charge on any atom is -0.487 e. The Kier molecular flexibility index (Phi) is 7.77. The van der Waals surface area contributed by atoms with Crippen LogP contribution in [-0.2, 0) is 26.0 Å². The molecule has 4 heterocycles. The van der Waals surface area contributed by atoms with Gasteiger partial charge < -0.3 is 20.3 Å². The lowest BCUT2D eigenvalue weighted by Crippen LogP contribution is -2.43. The van der Waals surface area contributed by atoms with Gasteiger partial charge in [-0.2, -0.15) is 5.10 Å². The third-order valence-corrected chi connectivity index (χ3v) is 9.39. The van der Waals surface area contributed by atoms with Crippen LogP contribution in [-0.4, -0.2) is 57.4 Å². The summed E-state index contributed by atoms with van der Waals surface area (Å²) in [6.07, 6.45) is 6.59. The minimum atomic E-state index is -0.292. The van der Waals surface area contributed by atoms with E-state index in [9.17, 15) is 4.39 Å². The van der Waals surface area contributed by atoms with Crippen molar-refractivity contribution in [3.05, 3.63) is 82.6 Å². The van der Waals surface area contributed by atoms with E-state index in [0.717, 1.165) is 85.8 Å². The van der Waals surface area contributed by atoms with E-state index in [-0.39, 0.29) is 12.4 Å². The number of hydrogen-bond acceptors (Lipinski definition) is 8. The topological polar surface area (TPSA) is 80.1 Å². The van der Waals surface area contributed by atoms with Crippen LogP contribution in [0.4, 0.5) is 15.9 Å². The molecular formula is C31H31ClFN7OS. The van der Waals surface area contributed by atoms with Gasteiger partial charge in [0.15, 0.2) is 0 Å². The van der Waals surface area contributed by atoms with E-state index in [0.29, 0.717) is 10.8 Å². The van der Waals surface area contributed by atoms with Crippen LogP contribution < -0.4 is 15.4 Å². The Hall–Kier alpha value is -3.57. The van der Waals surface area contributed by atoms with Crippen molar-refractivity contribution in [2.75, 3.05) is 38.0 Å². The summed E-state index contributed by atoms with van der Waals surface area (Å²) in [6.45, 7) is 6.69. The predicted molar refractivity (Wildman–Crippen MR) is 165 cm³/mol. The first-order chi connectivity index (χ1) is 20.6. The second-order valence-electron chi connectivity index (χ2n) is 10.7. The van der Waals surface area contributed by atoms with Crippen molar-refractivity contribution >= 4 is 44.7 Å². The number of benzene rings is 2. The summed E-state index contributed by atoms with van der Waals surface area (Å²) in [4.78, 5) is 14.0. The molecule has 0 bridgehead atoms. The lowest BCUT2D eigenvalue weighted by molar-refractivity contribution is 0.233. The summed E-state index contributed by atoms with van der Waals surface area (Å²) in [6, 6.07) is 11.9. The van der Waals surface area contributed by atoms with Gasteiger partial charge in [0.05, 0.1) is 16.6 Å². The molecule has 0 radical (unpaired) electrons. The SMILES string of the molecule is Fc1cccc(COc2ccc(Nc3ncnc4sc5c(c34)CCc3c-5cnn3CCCN3CCNCC3)cc2Cl)c1. The number of nitrogens with one attached hydrogen (secondary N) is 2. The van der Waals surface area contributed by atoms with Crippen LogP contribution in [0.25, 0.3) is 20.7 Å². The number of piperazine rings is 1. The number of ether oxygens (including phenoxy) is 1. The summed E-state index contributed by atoms with van der Waals surface area (Å²) >= 11 is 8.27. The fraction of sp³-hybridized carbons (Fsp3) is 0.323. The highest BCUT2D eigenvalue weighted by Gasteiger charge is 2.27. The Bertz CT molecular complexity index is 1730. The molecule has 7 rings (SSSR count). The fourth-order valence-electron chi connectivity index (χ4n) is 5.84. The van der Waals surface area contributed by atoms with Crippen LogP contribution in [0.1, 0.15) is 23.2 Å². The number of anilines is 2. The van der Waals surface area contributed by atoms with Gasteiger partial charge in [-0.15, -0.1) is 11.3 Å². The van der Waals surface area contributed by atoms with E-state index in [1.807, 2.05) is 30.5 Å². The number of hydrogen-bond donors (Lipinski definition) is 2. The zero-order valence-corrected chi connectivity index (χ0v) is 24.6. The molecule has 0 saturated carbocycles. The van der Waals surface area contributed by atoms with Crippen molar-refractivity contribution in [3.8, 4) is 16.2 Å². The normalized spacial score (nSPS) is 15.0. The molecule has 0 amide bonds. The highest BCUT2D eigenvalue weighted by atomic mass is 35.5. The van der Waals surface area contributed by atoms with Gasteiger partial charge in [-0.05, 0) is 67.3 Å². The summed E-state index contributed by atoms with van der Waals surface area (Å²) < 4.78 is 21.5. The second-order valence-corrected chi connectivity index (χ2v) is 12.1. The molecule has 2 aliphatic rings. The van der Waals surface area contributed by atoms with Crippen molar-refractivity contribution in [2.45, 2.75) is 32.4 Å². The smallest absolute Gasteiger partial charge is 0.142 e. The van der Waals surface area contributed by atoms with E-state index in [4.69, 9.17) is 21.4 Å². The maximum Gasteiger partial charge on any atom is 0.142 e. The van der Waals surface area contributed by atoms with Gasteiger partial charge in [0, 0.05) is 54.5 Å². The molecule has 0 atom stereocenters. The molecule has 1 fully saturated rings. The molecule has 8 nitrogen and oxygen atoms in total. The van der Waals surface area contributed by atoms with E-state index in [2.05, 4.69) is 30.2 Å². The van der Waals surface area contributed by atoms with Crippen LogP contribution in [0.15, 0.2) is 55.0 Å². The molecule has 1 saturated heterocycles. The monoisotopic (exact) mass is 603 g/mol. The molecule has 11 heteroatoms. The first-order valence-electron chi connectivity index (χ1n) is 14.3. The maximum absolute atomic E-state index is 13.5. The molecule has 216 valence electrons. The Labute approximate surface area is 252 Å². The molecule has 0 unspecified atom stereocenters. The molecule has 42 heavy (non-hydrogen) atoms. The fourth-order valence-corrected chi connectivity index (χ4v) is 7.30. The lowest BCUT2D eigenvalue weighted by atomic mass is 9.95. The van der Waals surface area contributed by atoms with Gasteiger partial charge >= 0.3 is 0 Å². The van der Waals surface area contributed by atoms with E-state index < -0.39 is 0 Å². The number of thiophene rings is 1. The van der Waals surface area contributed by atoms with Crippen LogP contribution in [0.2, 0.25) is 5.02 Å². The van der Waals surface area contributed by atoms with Crippen molar-refractivity contribution in [1.82, 2.24) is 30.0 Å². The minimum absolute atomic E-state index is 0.229. The average molecular weight is 604 g/mol. The molecule has 0 spiro atoms. The molecule has 3 aromatic heterocycles. The third kappa shape index (κ3) is 5.59. The number of fused-ring (bicyclic) bond motifs is 5. The summed E-state index contributed by atoms with van der Waals surface area (Å²) in [5.74, 6) is 0.999. The maximum atomic E-state index is 13.5. The molecule has 1 aliphatic heterocycles. The largest absolute Gasteiger partial charge is 0.487 e. The van der Waals surface area contributed by atoms with Crippen molar-refractivity contribution in [1.29, 1.82) is 0 Å². The third-order valence-electron chi connectivity index (χ3n) is 7.92. The Morgan fingerprint density at radius 3 is 2.83 bits per heavy atom. The van der Waals surface area contributed by atoms with Gasteiger partial charge in [0.25, 0.3) is 0 Å². The molecule has 1 aliphatic carbocycles. The molecule has 2 N–H and O–H groups in total. The first-order valence-corrected chi connectivity index (χ1v) is 15.5. The standard InChI is InChI=1S/C31H31ClFN7OS/c32-25-16-22(5-8-27(25)41-18-20-3-1-4-21(33)15-20)38-30-28-23-6-7-26-24(29(23)42-31(28)36-19-35-30)17-37-40(26)12-2-11-39-13-9-34-10-14-39/h1,3-5,8,15-17,19,34H,2,6-7,9-14,18H2,(H,35,36,38). The van der Waals surface area contributed by atoms with E-state index in [1.54, 1.807) is 23.7 Å². The summed E-state index contributed by atoms with van der Waals surface area (Å²) in [5, 5.41) is 13.2. The zero-order valence-electron chi connectivity index (χ0n) is 23.1. The van der Waals surface area contributed by atoms with Crippen molar-refractivity contribution < 1.29 is 9.13 Å². The Morgan fingerprint density at radius 2 is 1.98 bits per heavy atom. The van der Waals surface area contributed by atoms with Crippen LogP contribution in [0, 0.1) is 5.82 Å². The summed E-state index contributed by atoms with van der Waals surface area (Å²) in [7, 11) is 0. The molecule has 2 aromatic carbocycles. The van der Waals surface area contributed by atoms with E-state index >= 15 is 0 Å². The Balaban J connectivity index is 1.08. The quantitative estimate of drug-likeness (QED) is 0.212. The Morgan fingerprint density at radius 1 is 1.07 bits per heavy atom. The number of aromatic nitrogens is 4.